The van der Waals surface area contributed by atoms with Gasteiger partial charge in [-0.25, -0.2) is 9.67 Å². The lowest BCUT2D eigenvalue weighted by molar-refractivity contribution is 0.185. The number of aromatic nitrogens is 4. The van der Waals surface area contributed by atoms with Crippen molar-refractivity contribution in [2.45, 2.75) is 13.5 Å². The Morgan fingerprint density at radius 3 is 2.71 bits per heavy atom. The highest BCUT2D eigenvalue weighted by molar-refractivity contribution is 5.75. The molecule has 0 saturated carbocycles. The monoisotopic (exact) mass is 284 g/mol. The van der Waals surface area contributed by atoms with Gasteiger partial charge in [-0.1, -0.05) is 18.2 Å². The van der Waals surface area contributed by atoms with Gasteiger partial charge < -0.3 is 4.74 Å². The minimum absolute atomic E-state index is 0.0864. The Bertz CT molecular complexity index is 821. The summed E-state index contributed by atoms with van der Waals surface area (Å²) in [6.07, 6.45) is 1.57. The SMILES string of the molecule is COCCn1c(C)nc2c(cnn2-c2ccccc2)c1=O. The van der Waals surface area contributed by atoms with Crippen LogP contribution in [-0.2, 0) is 11.3 Å². The van der Waals surface area contributed by atoms with Gasteiger partial charge in [0.05, 0.1) is 25.0 Å². The van der Waals surface area contributed by atoms with Crippen LogP contribution in [-0.4, -0.2) is 33.0 Å². The van der Waals surface area contributed by atoms with E-state index in [0.717, 1.165) is 5.69 Å². The van der Waals surface area contributed by atoms with Crippen LogP contribution in [0.25, 0.3) is 16.7 Å². The molecule has 6 nitrogen and oxygen atoms in total. The minimum Gasteiger partial charge on any atom is -0.383 e. The fourth-order valence-corrected chi connectivity index (χ4v) is 2.31. The van der Waals surface area contributed by atoms with Gasteiger partial charge in [-0.2, -0.15) is 5.10 Å². The van der Waals surface area contributed by atoms with Crippen LogP contribution in [0.5, 0.6) is 0 Å². The van der Waals surface area contributed by atoms with Crippen molar-refractivity contribution in [1.29, 1.82) is 0 Å². The van der Waals surface area contributed by atoms with Crippen molar-refractivity contribution in [3.63, 3.8) is 0 Å². The Balaban J connectivity index is 2.18. The van der Waals surface area contributed by atoms with Gasteiger partial charge in [0, 0.05) is 7.11 Å². The topological polar surface area (TPSA) is 61.9 Å². The standard InChI is InChI=1S/C15H16N4O2/c1-11-17-14-13(15(20)18(11)8-9-21-2)10-16-19(14)12-6-4-3-5-7-12/h3-7,10H,8-9H2,1-2H3. The first kappa shape index (κ1) is 13.5. The number of methoxy groups -OCH3 is 1. The summed E-state index contributed by atoms with van der Waals surface area (Å²) in [4.78, 5) is 17.0. The predicted octanol–water partition coefficient (Wildman–Crippen LogP) is 1.54. The number of rotatable bonds is 4. The van der Waals surface area contributed by atoms with Crippen LogP contribution >= 0.6 is 0 Å². The Morgan fingerprint density at radius 2 is 2.00 bits per heavy atom. The van der Waals surface area contributed by atoms with Gasteiger partial charge in [0.15, 0.2) is 5.65 Å². The maximum Gasteiger partial charge on any atom is 0.264 e. The molecule has 0 aliphatic rings. The number of para-hydroxylation sites is 1. The minimum atomic E-state index is -0.0864. The third-order valence-electron chi connectivity index (χ3n) is 3.40. The second-order valence-corrected chi connectivity index (χ2v) is 4.74. The molecule has 1 aromatic carbocycles. The molecule has 0 unspecified atom stereocenters. The number of hydrogen-bond acceptors (Lipinski definition) is 4. The summed E-state index contributed by atoms with van der Waals surface area (Å²) in [6.45, 7) is 2.78. The number of ether oxygens (including phenoxy) is 1. The molecule has 2 aromatic heterocycles. The molecule has 0 aliphatic carbocycles. The van der Waals surface area contributed by atoms with E-state index in [9.17, 15) is 4.79 Å². The molecule has 0 N–H and O–H groups in total. The molecule has 0 saturated heterocycles. The second kappa shape index (κ2) is 5.49. The van der Waals surface area contributed by atoms with Crippen LogP contribution in [0.4, 0.5) is 0 Å². The summed E-state index contributed by atoms with van der Waals surface area (Å²) >= 11 is 0. The maximum absolute atomic E-state index is 12.5. The average Bonchev–Trinajstić information content (AvgIpc) is 2.92. The lowest BCUT2D eigenvalue weighted by atomic mass is 10.3. The molecule has 3 rings (SSSR count). The molecule has 0 fully saturated rings. The fourth-order valence-electron chi connectivity index (χ4n) is 2.31. The van der Waals surface area contributed by atoms with Crippen LogP contribution in [0.3, 0.4) is 0 Å². The summed E-state index contributed by atoms with van der Waals surface area (Å²) < 4.78 is 8.33. The summed E-state index contributed by atoms with van der Waals surface area (Å²) in [6, 6.07) is 9.65. The molecule has 0 spiro atoms. The number of benzene rings is 1. The molecule has 0 amide bonds. The van der Waals surface area contributed by atoms with Crippen molar-refractivity contribution < 1.29 is 4.74 Å². The van der Waals surface area contributed by atoms with Crippen molar-refractivity contribution in [2.75, 3.05) is 13.7 Å². The van der Waals surface area contributed by atoms with Gasteiger partial charge in [-0.15, -0.1) is 0 Å². The van der Waals surface area contributed by atoms with Gasteiger partial charge in [-0.3, -0.25) is 9.36 Å². The molecule has 6 heteroatoms. The molecule has 2 heterocycles. The number of aryl methyl sites for hydroxylation is 1. The van der Waals surface area contributed by atoms with E-state index < -0.39 is 0 Å². The van der Waals surface area contributed by atoms with Crippen molar-refractivity contribution in [1.82, 2.24) is 19.3 Å². The Morgan fingerprint density at radius 1 is 1.24 bits per heavy atom. The molecule has 21 heavy (non-hydrogen) atoms. The van der Waals surface area contributed by atoms with Crippen LogP contribution in [0.15, 0.2) is 41.3 Å². The zero-order valence-corrected chi connectivity index (χ0v) is 12.0. The normalized spacial score (nSPS) is 11.1. The molecule has 0 aliphatic heterocycles. The highest BCUT2D eigenvalue weighted by Crippen LogP contribution is 2.14. The van der Waals surface area contributed by atoms with Crippen molar-refractivity contribution in [2.24, 2.45) is 0 Å². The average molecular weight is 284 g/mol. The summed E-state index contributed by atoms with van der Waals surface area (Å²) in [5.41, 5.74) is 1.38. The third-order valence-corrected chi connectivity index (χ3v) is 3.40. The van der Waals surface area contributed by atoms with Crippen molar-refractivity contribution in [3.05, 3.63) is 52.7 Å². The molecule has 0 radical (unpaired) electrons. The molecule has 0 bridgehead atoms. The maximum atomic E-state index is 12.5. The lowest BCUT2D eigenvalue weighted by Crippen LogP contribution is -2.25. The Labute approximate surface area is 121 Å². The lowest BCUT2D eigenvalue weighted by Gasteiger charge is -2.09. The van der Waals surface area contributed by atoms with E-state index >= 15 is 0 Å². The first-order chi connectivity index (χ1) is 10.2. The van der Waals surface area contributed by atoms with Gasteiger partial charge >= 0.3 is 0 Å². The van der Waals surface area contributed by atoms with Crippen LogP contribution in [0.2, 0.25) is 0 Å². The van der Waals surface area contributed by atoms with Crippen LogP contribution in [0.1, 0.15) is 5.82 Å². The van der Waals surface area contributed by atoms with Gasteiger partial charge in [0.1, 0.15) is 11.2 Å². The molecule has 0 atom stereocenters. The summed E-state index contributed by atoms with van der Waals surface area (Å²) in [7, 11) is 1.61. The van der Waals surface area contributed by atoms with Crippen LogP contribution < -0.4 is 5.56 Å². The predicted molar refractivity (Wildman–Crippen MR) is 79.7 cm³/mol. The van der Waals surface area contributed by atoms with E-state index in [1.807, 2.05) is 37.3 Å². The smallest absolute Gasteiger partial charge is 0.264 e. The molecular formula is C15H16N4O2. The molecule has 3 aromatic rings. The van der Waals surface area contributed by atoms with Gasteiger partial charge in [0.25, 0.3) is 5.56 Å². The largest absolute Gasteiger partial charge is 0.383 e. The number of nitrogens with zero attached hydrogens (tertiary/aromatic N) is 4. The number of hydrogen-bond donors (Lipinski definition) is 0. The Kier molecular flexibility index (Phi) is 3.53. The van der Waals surface area contributed by atoms with Crippen molar-refractivity contribution in [3.8, 4) is 5.69 Å². The third kappa shape index (κ3) is 2.34. The second-order valence-electron chi connectivity index (χ2n) is 4.74. The van der Waals surface area contributed by atoms with E-state index in [1.54, 1.807) is 22.6 Å². The summed E-state index contributed by atoms with van der Waals surface area (Å²) in [5, 5.41) is 4.81. The van der Waals surface area contributed by atoms with Gasteiger partial charge in [-0.05, 0) is 19.1 Å². The van der Waals surface area contributed by atoms with E-state index in [2.05, 4.69) is 10.1 Å². The molecular weight excluding hydrogens is 268 g/mol. The Hall–Kier alpha value is -2.47. The highest BCUT2D eigenvalue weighted by atomic mass is 16.5. The zero-order valence-electron chi connectivity index (χ0n) is 12.0. The van der Waals surface area contributed by atoms with E-state index in [1.165, 1.54) is 0 Å². The first-order valence-corrected chi connectivity index (χ1v) is 6.72. The molecule has 108 valence electrons. The number of fused-ring (bicyclic) bond motifs is 1. The van der Waals surface area contributed by atoms with E-state index in [-0.39, 0.29) is 5.56 Å². The van der Waals surface area contributed by atoms with Crippen LogP contribution in [0, 0.1) is 6.92 Å². The van der Waals surface area contributed by atoms with E-state index in [0.29, 0.717) is 30.0 Å². The van der Waals surface area contributed by atoms with E-state index in [4.69, 9.17) is 4.74 Å². The van der Waals surface area contributed by atoms with Crippen molar-refractivity contribution >= 4 is 11.0 Å². The quantitative estimate of drug-likeness (QED) is 0.729. The first-order valence-electron chi connectivity index (χ1n) is 6.72. The fraction of sp³-hybridized carbons (Fsp3) is 0.267. The highest BCUT2D eigenvalue weighted by Gasteiger charge is 2.13. The zero-order chi connectivity index (χ0) is 14.8. The van der Waals surface area contributed by atoms with Gasteiger partial charge in [0.2, 0.25) is 0 Å². The summed E-state index contributed by atoms with van der Waals surface area (Å²) in [5.74, 6) is 0.655.